The van der Waals surface area contributed by atoms with Crippen LogP contribution in [-0.2, 0) is 11.3 Å². The zero-order chi connectivity index (χ0) is 14.8. The van der Waals surface area contributed by atoms with Crippen molar-refractivity contribution in [3.8, 4) is 11.4 Å². The molecule has 1 fully saturated rings. The van der Waals surface area contributed by atoms with E-state index in [1.165, 1.54) is 5.56 Å². The van der Waals surface area contributed by atoms with Gasteiger partial charge in [-0.3, -0.25) is 0 Å². The smallest absolute Gasteiger partial charge is 0.204 e. The number of benzene rings is 1. The molecule has 0 aliphatic carbocycles. The lowest BCUT2D eigenvalue weighted by Crippen LogP contribution is -2.09. The molecule has 1 atom stereocenters. The highest BCUT2D eigenvalue weighted by molar-refractivity contribution is 5.54. The SMILES string of the molecule is c1cc(Cn2ccnc2[C@@H]2CCOC2)cc(-c2nn[nH]n2)c1. The summed E-state index contributed by atoms with van der Waals surface area (Å²) in [7, 11) is 0. The predicted octanol–water partition coefficient (Wildman–Crippen LogP) is 1.62. The number of tetrazole rings is 1. The molecule has 0 amide bonds. The third-order valence-corrected chi connectivity index (χ3v) is 3.93. The van der Waals surface area contributed by atoms with Crippen LogP contribution in [0.25, 0.3) is 11.4 Å². The van der Waals surface area contributed by atoms with Gasteiger partial charge >= 0.3 is 0 Å². The number of hydrogen-bond acceptors (Lipinski definition) is 5. The van der Waals surface area contributed by atoms with Crippen molar-refractivity contribution in [2.45, 2.75) is 18.9 Å². The standard InChI is InChI=1S/C15H16N6O/c1-2-11(8-12(3-1)14-17-19-20-18-14)9-21-6-5-16-15(21)13-4-7-22-10-13/h1-3,5-6,8,13H,4,7,9-10H2,(H,17,18,19,20)/t13-/m1/s1. The second kappa shape index (κ2) is 5.69. The third-order valence-electron chi connectivity index (χ3n) is 3.93. The van der Waals surface area contributed by atoms with Crippen LogP contribution in [0.4, 0.5) is 0 Å². The van der Waals surface area contributed by atoms with Gasteiger partial charge in [0.05, 0.1) is 6.61 Å². The topological polar surface area (TPSA) is 81.5 Å². The van der Waals surface area contributed by atoms with Crippen LogP contribution in [0, 0.1) is 0 Å². The summed E-state index contributed by atoms with van der Waals surface area (Å²) >= 11 is 0. The Bertz CT molecular complexity index is 745. The van der Waals surface area contributed by atoms with Gasteiger partial charge in [-0.2, -0.15) is 5.21 Å². The lowest BCUT2D eigenvalue weighted by atomic mass is 10.1. The highest BCUT2D eigenvalue weighted by atomic mass is 16.5. The van der Waals surface area contributed by atoms with E-state index in [9.17, 15) is 0 Å². The Balaban J connectivity index is 1.59. The first-order valence-electron chi connectivity index (χ1n) is 7.32. The molecule has 0 spiro atoms. The van der Waals surface area contributed by atoms with Crippen molar-refractivity contribution in [2.75, 3.05) is 13.2 Å². The summed E-state index contributed by atoms with van der Waals surface area (Å²) in [6.45, 7) is 2.36. The Morgan fingerprint density at radius 1 is 1.36 bits per heavy atom. The molecule has 2 aromatic heterocycles. The maximum absolute atomic E-state index is 5.47. The van der Waals surface area contributed by atoms with E-state index in [4.69, 9.17) is 4.74 Å². The molecule has 3 heterocycles. The predicted molar refractivity (Wildman–Crippen MR) is 79.1 cm³/mol. The maximum Gasteiger partial charge on any atom is 0.204 e. The van der Waals surface area contributed by atoms with Crippen molar-refractivity contribution >= 4 is 0 Å². The van der Waals surface area contributed by atoms with E-state index in [-0.39, 0.29) is 0 Å². The molecule has 112 valence electrons. The lowest BCUT2D eigenvalue weighted by Gasteiger charge is -2.12. The zero-order valence-corrected chi connectivity index (χ0v) is 12.0. The van der Waals surface area contributed by atoms with Crippen molar-refractivity contribution < 1.29 is 4.74 Å². The number of nitrogens with one attached hydrogen (secondary N) is 1. The van der Waals surface area contributed by atoms with E-state index in [1.807, 2.05) is 24.5 Å². The number of H-pyrrole nitrogens is 1. The second-order valence-corrected chi connectivity index (χ2v) is 5.41. The van der Waals surface area contributed by atoms with Gasteiger partial charge in [0.2, 0.25) is 5.82 Å². The summed E-state index contributed by atoms with van der Waals surface area (Å²) in [6.07, 6.45) is 4.92. The van der Waals surface area contributed by atoms with Crippen LogP contribution in [-0.4, -0.2) is 43.4 Å². The van der Waals surface area contributed by atoms with Crippen LogP contribution >= 0.6 is 0 Å². The molecule has 4 rings (SSSR count). The number of hydrogen-bond donors (Lipinski definition) is 1. The number of aromatic amines is 1. The monoisotopic (exact) mass is 296 g/mol. The van der Waals surface area contributed by atoms with Gasteiger partial charge in [0, 0.05) is 37.0 Å². The average molecular weight is 296 g/mol. The molecule has 1 N–H and O–H groups in total. The van der Waals surface area contributed by atoms with Gasteiger partial charge in [-0.25, -0.2) is 4.98 Å². The molecule has 3 aromatic rings. The highest BCUT2D eigenvalue weighted by Gasteiger charge is 2.22. The molecule has 0 saturated carbocycles. The van der Waals surface area contributed by atoms with E-state index in [0.717, 1.165) is 37.6 Å². The van der Waals surface area contributed by atoms with Crippen LogP contribution in [0.3, 0.4) is 0 Å². The minimum Gasteiger partial charge on any atom is -0.381 e. The Morgan fingerprint density at radius 2 is 2.36 bits per heavy atom. The molecule has 1 aromatic carbocycles. The third kappa shape index (κ3) is 2.50. The van der Waals surface area contributed by atoms with Gasteiger partial charge in [0.25, 0.3) is 0 Å². The normalized spacial score (nSPS) is 17.9. The number of nitrogens with zero attached hydrogens (tertiary/aromatic N) is 5. The highest BCUT2D eigenvalue weighted by Crippen LogP contribution is 2.24. The van der Waals surface area contributed by atoms with Gasteiger partial charge in [-0.05, 0) is 23.3 Å². The number of ether oxygens (including phenoxy) is 1. The van der Waals surface area contributed by atoms with E-state index in [1.54, 1.807) is 0 Å². The Hall–Kier alpha value is -2.54. The van der Waals surface area contributed by atoms with Gasteiger partial charge in [-0.15, -0.1) is 10.2 Å². The summed E-state index contributed by atoms with van der Waals surface area (Å²) in [6, 6.07) is 8.17. The fourth-order valence-electron chi connectivity index (χ4n) is 2.84. The summed E-state index contributed by atoms with van der Waals surface area (Å²) in [5.41, 5.74) is 2.14. The largest absolute Gasteiger partial charge is 0.381 e. The van der Waals surface area contributed by atoms with Gasteiger partial charge in [0.1, 0.15) is 5.82 Å². The molecular weight excluding hydrogens is 280 g/mol. The van der Waals surface area contributed by atoms with E-state index in [2.05, 4.69) is 42.3 Å². The molecule has 7 heteroatoms. The molecule has 0 radical (unpaired) electrons. The molecule has 7 nitrogen and oxygen atoms in total. The summed E-state index contributed by atoms with van der Waals surface area (Å²) in [5, 5.41) is 14.1. The second-order valence-electron chi connectivity index (χ2n) is 5.41. The molecule has 1 saturated heterocycles. The summed E-state index contributed by atoms with van der Waals surface area (Å²) < 4.78 is 7.66. The Labute approximate surface area is 127 Å². The lowest BCUT2D eigenvalue weighted by molar-refractivity contribution is 0.192. The maximum atomic E-state index is 5.47. The molecule has 1 aliphatic rings. The fraction of sp³-hybridized carbons (Fsp3) is 0.333. The zero-order valence-electron chi connectivity index (χ0n) is 12.0. The van der Waals surface area contributed by atoms with Crippen molar-refractivity contribution in [2.24, 2.45) is 0 Å². The minimum absolute atomic E-state index is 0.399. The van der Waals surface area contributed by atoms with Crippen LogP contribution in [0.2, 0.25) is 0 Å². The first kappa shape index (κ1) is 13.1. The van der Waals surface area contributed by atoms with Crippen LogP contribution in [0.5, 0.6) is 0 Å². The van der Waals surface area contributed by atoms with Crippen molar-refractivity contribution in [1.82, 2.24) is 30.2 Å². The van der Waals surface area contributed by atoms with Crippen LogP contribution in [0.15, 0.2) is 36.7 Å². The first-order valence-corrected chi connectivity index (χ1v) is 7.32. The van der Waals surface area contributed by atoms with Crippen molar-refractivity contribution in [3.05, 3.63) is 48.0 Å². The molecule has 22 heavy (non-hydrogen) atoms. The minimum atomic E-state index is 0.399. The number of aromatic nitrogens is 6. The van der Waals surface area contributed by atoms with Gasteiger partial charge < -0.3 is 9.30 Å². The molecule has 0 unspecified atom stereocenters. The average Bonchev–Trinajstić information content (AvgIpc) is 3.29. The van der Waals surface area contributed by atoms with Gasteiger partial charge in [0.15, 0.2) is 0 Å². The fourth-order valence-corrected chi connectivity index (χ4v) is 2.84. The Morgan fingerprint density at radius 3 is 3.18 bits per heavy atom. The number of rotatable bonds is 4. The first-order chi connectivity index (χ1) is 10.9. The molecule has 1 aliphatic heterocycles. The van der Waals surface area contributed by atoms with Gasteiger partial charge in [-0.1, -0.05) is 18.2 Å². The Kier molecular flexibility index (Phi) is 3.40. The number of imidazole rings is 1. The van der Waals surface area contributed by atoms with Crippen LogP contribution in [0.1, 0.15) is 23.7 Å². The quantitative estimate of drug-likeness (QED) is 0.791. The summed E-state index contributed by atoms with van der Waals surface area (Å²) in [5.74, 6) is 2.11. The van der Waals surface area contributed by atoms with E-state index in [0.29, 0.717) is 11.7 Å². The van der Waals surface area contributed by atoms with E-state index < -0.39 is 0 Å². The van der Waals surface area contributed by atoms with E-state index >= 15 is 0 Å². The molecular formula is C15H16N6O. The summed E-state index contributed by atoms with van der Waals surface area (Å²) in [4.78, 5) is 4.51. The molecule has 0 bridgehead atoms. The van der Waals surface area contributed by atoms with Crippen molar-refractivity contribution in [1.29, 1.82) is 0 Å². The van der Waals surface area contributed by atoms with Crippen LogP contribution < -0.4 is 0 Å². The van der Waals surface area contributed by atoms with Crippen molar-refractivity contribution in [3.63, 3.8) is 0 Å².